The van der Waals surface area contributed by atoms with Crippen LogP contribution in [0.3, 0.4) is 0 Å². The van der Waals surface area contributed by atoms with E-state index < -0.39 is 0 Å². The third-order valence-corrected chi connectivity index (χ3v) is 1.81. The molecular formula is C6H13N2O. The van der Waals surface area contributed by atoms with E-state index in [4.69, 9.17) is 10.8 Å². The van der Waals surface area contributed by atoms with E-state index in [0.29, 0.717) is 5.92 Å². The normalized spacial score (nSPS) is 35.3. The minimum absolute atomic E-state index is 0.206. The lowest BCUT2D eigenvalue weighted by atomic mass is 10.0. The summed E-state index contributed by atoms with van der Waals surface area (Å²) in [6.07, 6.45) is 0.810. The van der Waals surface area contributed by atoms with Crippen molar-refractivity contribution in [3.63, 3.8) is 0 Å². The number of nitrogens with two attached hydrogens (primary N) is 1. The fourth-order valence-corrected chi connectivity index (χ4v) is 1.15. The van der Waals surface area contributed by atoms with Gasteiger partial charge in [-0.1, -0.05) is 0 Å². The lowest BCUT2D eigenvalue weighted by Gasteiger charge is -2.10. The zero-order chi connectivity index (χ0) is 6.69. The Bertz CT molecular complexity index is 87.1. The van der Waals surface area contributed by atoms with Crippen molar-refractivity contribution in [1.29, 1.82) is 0 Å². The van der Waals surface area contributed by atoms with E-state index in [9.17, 15) is 0 Å². The number of aliphatic hydroxyl groups is 1. The second-order valence-electron chi connectivity index (χ2n) is 2.52. The lowest BCUT2D eigenvalue weighted by molar-refractivity contribution is 0.256. The lowest BCUT2D eigenvalue weighted by Crippen LogP contribution is -2.29. The van der Waals surface area contributed by atoms with Crippen LogP contribution < -0.4 is 11.1 Å². The number of rotatable bonds is 2. The van der Waals surface area contributed by atoms with Crippen LogP contribution >= 0.6 is 0 Å². The van der Waals surface area contributed by atoms with Crippen molar-refractivity contribution in [2.24, 2.45) is 11.7 Å². The molecule has 3 nitrogen and oxygen atoms in total. The van der Waals surface area contributed by atoms with Crippen LogP contribution in [-0.4, -0.2) is 30.8 Å². The van der Waals surface area contributed by atoms with E-state index in [1.54, 1.807) is 0 Å². The molecule has 0 amide bonds. The Kier molecular flexibility index (Phi) is 2.45. The molecule has 0 aliphatic carbocycles. The van der Waals surface area contributed by atoms with Crippen LogP contribution in [0.15, 0.2) is 0 Å². The molecule has 1 fully saturated rings. The predicted molar refractivity (Wildman–Crippen MR) is 35.0 cm³/mol. The monoisotopic (exact) mass is 129 g/mol. The first-order valence-corrected chi connectivity index (χ1v) is 3.34. The Labute approximate surface area is 55.2 Å². The van der Waals surface area contributed by atoms with Crippen LogP contribution in [0.1, 0.15) is 6.42 Å². The molecule has 9 heavy (non-hydrogen) atoms. The van der Waals surface area contributed by atoms with E-state index >= 15 is 0 Å². The van der Waals surface area contributed by atoms with Crippen LogP contribution in [0.5, 0.6) is 0 Å². The minimum Gasteiger partial charge on any atom is -0.396 e. The molecule has 1 aliphatic heterocycles. The molecule has 1 radical (unpaired) electrons. The molecule has 1 saturated heterocycles. The van der Waals surface area contributed by atoms with Crippen molar-refractivity contribution in [3.05, 3.63) is 0 Å². The highest BCUT2D eigenvalue weighted by atomic mass is 16.3. The van der Waals surface area contributed by atoms with E-state index in [-0.39, 0.29) is 12.6 Å². The van der Waals surface area contributed by atoms with Gasteiger partial charge in [-0.15, -0.1) is 0 Å². The van der Waals surface area contributed by atoms with Crippen molar-refractivity contribution in [3.8, 4) is 0 Å². The highest BCUT2D eigenvalue weighted by Gasteiger charge is 2.23. The van der Waals surface area contributed by atoms with Gasteiger partial charge in [-0.3, -0.25) is 0 Å². The van der Waals surface area contributed by atoms with E-state index in [1.165, 1.54) is 0 Å². The molecule has 0 aromatic heterocycles. The first kappa shape index (κ1) is 6.99. The maximum absolute atomic E-state index is 8.55. The maximum Gasteiger partial charge on any atom is 0.0434 e. The molecule has 0 aromatic carbocycles. The van der Waals surface area contributed by atoms with Crippen molar-refractivity contribution in [2.45, 2.75) is 12.5 Å². The summed E-state index contributed by atoms with van der Waals surface area (Å²) >= 11 is 0. The number of hydrogen-bond donors (Lipinski definition) is 2. The number of aliphatic hydroxyl groups excluding tert-OH is 1. The molecule has 3 N–H and O–H groups in total. The summed E-state index contributed by atoms with van der Waals surface area (Å²) in [5.41, 5.74) is 5.66. The highest BCUT2D eigenvalue weighted by Crippen LogP contribution is 2.10. The van der Waals surface area contributed by atoms with Gasteiger partial charge in [0.25, 0.3) is 0 Å². The molecular weight excluding hydrogens is 116 g/mol. The number of nitrogens with zero attached hydrogens (tertiary/aromatic N) is 1. The van der Waals surface area contributed by atoms with Gasteiger partial charge in [-0.2, -0.15) is 0 Å². The zero-order valence-corrected chi connectivity index (χ0v) is 5.45. The average Bonchev–Trinajstić information content (AvgIpc) is 2.18. The molecule has 1 heterocycles. The Morgan fingerprint density at radius 1 is 1.56 bits per heavy atom. The summed E-state index contributed by atoms with van der Waals surface area (Å²) in [5.74, 6) is 0.440. The average molecular weight is 129 g/mol. The van der Waals surface area contributed by atoms with Gasteiger partial charge in [-0.05, 0) is 12.3 Å². The van der Waals surface area contributed by atoms with Gasteiger partial charge in [-0.25, -0.2) is 5.32 Å². The third kappa shape index (κ3) is 1.64. The topological polar surface area (TPSA) is 60.4 Å². The first-order valence-electron chi connectivity index (χ1n) is 3.34. The van der Waals surface area contributed by atoms with Crippen molar-refractivity contribution in [2.75, 3.05) is 19.7 Å². The van der Waals surface area contributed by atoms with Crippen LogP contribution in [0, 0.1) is 5.92 Å². The Hall–Kier alpha value is -0.120. The molecule has 0 spiro atoms. The highest BCUT2D eigenvalue weighted by molar-refractivity contribution is 4.82. The maximum atomic E-state index is 8.55. The van der Waals surface area contributed by atoms with Crippen molar-refractivity contribution < 1.29 is 5.11 Å². The van der Waals surface area contributed by atoms with E-state index in [1.807, 2.05) is 0 Å². The van der Waals surface area contributed by atoms with Gasteiger partial charge in [0.2, 0.25) is 0 Å². The quantitative estimate of drug-likeness (QED) is 0.498. The zero-order valence-electron chi connectivity index (χ0n) is 5.45. The minimum atomic E-state index is 0.206. The molecule has 1 aliphatic rings. The second-order valence-corrected chi connectivity index (χ2v) is 2.52. The fraction of sp³-hybridized carbons (Fsp3) is 1.00. The van der Waals surface area contributed by atoms with Crippen LogP contribution in [-0.2, 0) is 0 Å². The largest absolute Gasteiger partial charge is 0.396 e. The molecule has 2 atom stereocenters. The van der Waals surface area contributed by atoms with Crippen LogP contribution in [0.2, 0.25) is 0 Å². The summed E-state index contributed by atoms with van der Waals surface area (Å²) in [6.45, 7) is 1.88. The van der Waals surface area contributed by atoms with Gasteiger partial charge in [0, 0.05) is 25.7 Å². The van der Waals surface area contributed by atoms with E-state index in [2.05, 4.69) is 5.32 Å². The first-order chi connectivity index (χ1) is 4.34. The summed E-state index contributed by atoms with van der Waals surface area (Å²) in [5, 5.41) is 12.7. The van der Waals surface area contributed by atoms with Gasteiger partial charge in [0.05, 0.1) is 0 Å². The molecule has 0 saturated carbocycles. The Morgan fingerprint density at radius 2 is 2.33 bits per heavy atom. The van der Waals surface area contributed by atoms with Gasteiger partial charge < -0.3 is 10.8 Å². The second kappa shape index (κ2) is 3.15. The van der Waals surface area contributed by atoms with Gasteiger partial charge >= 0.3 is 0 Å². The standard InChI is InChI=1S/C6H13N2O/c7-6-4-8-3-5(6)1-2-9/h5-6,9H,1-4,7H2. The molecule has 0 aromatic rings. The van der Waals surface area contributed by atoms with Gasteiger partial charge in [0.1, 0.15) is 0 Å². The summed E-state index contributed by atoms with van der Waals surface area (Å²) in [4.78, 5) is 0. The summed E-state index contributed by atoms with van der Waals surface area (Å²) in [6, 6.07) is 0.206. The molecule has 1 rings (SSSR count). The van der Waals surface area contributed by atoms with Gasteiger partial charge in [0.15, 0.2) is 0 Å². The smallest absolute Gasteiger partial charge is 0.0434 e. The van der Waals surface area contributed by atoms with Crippen molar-refractivity contribution in [1.82, 2.24) is 5.32 Å². The summed E-state index contributed by atoms with van der Waals surface area (Å²) < 4.78 is 0. The SMILES string of the molecule is NC1C[N]CC1CCO. The van der Waals surface area contributed by atoms with Crippen LogP contribution in [0.4, 0.5) is 0 Å². The molecule has 53 valence electrons. The van der Waals surface area contributed by atoms with Crippen LogP contribution in [0.25, 0.3) is 0 Å². The summed E-state index contributed by atoms with van der Waals surface area (Å²) in [7, 11) is 0. The Morgan fingerprint density at radius 3 is 2.78 bits per heavy atom. The molecule has 0 bridgehead atoms. The third-order valence-electron chi connectivity index (χ3n) is 1.81. The number of hydrogen-bond acceptors (Lipinski definition) is 2. The fourth-order valence-electron chi connectivity index (χ4n) is 1.15. The predicted octanol–water partition coefficient (Wildman–Crippen LogP) is -1.07. The molecule has 2 unspecified atom stereocenters. The van der Waals surface area contributed by atoms with E-state index in [0.717, 1.165) is 19.5 Å². The Balaban J connectivity index is 2.22. The molecule has 3 heteroatoms. The van der Waals surface area contributed by atoms with Crippen molar-refractivity contribution >= 4 is 0 Å².